The summed E-state index contributed by atoms with van der Waals surface area (Å²) in [5.74, 6) is -0.361. The van der Waals surface area contributed by atoms with Crippen molar-refractivity contribution in [3.8, 4) is 0 Å². The van der Waals surface area contributed by atoms with Gasteiger partial charge in [-0.2, -0.15) is 0 Å². The standard InChI is InChI=1S/C18H19FN6O/c1-10-7-11(3-4-13(10)19)14(8-21-2)25-18-16-15(23-9-24-18)12(17(20)26)5-6-22-16/h3-7,9,14,21H,8H2,1-2H3,(H2,20,26)(H,23,24,25). The van der Waals surface area contributed by atoms with Gasteiger partial charge in [-0.05, 0) is 37.2 Å². The first-order chi connectivity index (χ1) is 12.5. The van der Waals surface area contributed by atoms with Gasteiger partial charge in [0.2, 0.25) is 0 Å². The second kappa shape index (κ2) is 7.40. The largest absolute Gasteiger partial charge is 0.366 e. The monoisotopic (exact) mass is 354 g/mol. The van der Waals surface area contributed by atoms with Crippen LogP contribution in [0.3, 0.4) is 0 Å². The van der Waals surface area contributed by atoms with Gasteiger partial charge in [0, 0.05) is 12.7 Å². The lowest BCUT2D eigenvalue weighted by Crippen LogP contribution is -2.24. The van der Waals surface area contributed by atoms with Crippen LogP contribution < -0.4 is 16.4 Å². The predicted octanol–water partition coefficient (Wildman–Crippen LogP) is 1.94. The third-order valence-electron chi connectivity index (χ3n) is 4.09. The Labute approximate surface area is 149 Å². The molecule has 1 unspecified atom stereocenters. The van der Waals surface area contributed by atoms with Crippen molar-refractivity contribution < 1.29 is 9.18 Å². The number of likely N-dealkylation sites (N-methyl/N-ethyl adjacent to an activating group) is 1. The molecular weight excluding hydrogens is 335 g/mol. The van der Waals surface area contributed by atoms with Crippen molar-refractivity contribution in [3.63, 3.8) is 0 Å². The Bertz CT molecular complexity index is 962. The van der Waals surface area contributed by atoms with E-state index in [2.05, 4.69) is 25.6 Å². The van der Waals surface area contributed by atoms with Crippen molar-refractivity contribution in [2.45, 2.75) is 13.0 Å². The smallest absolute Gasteiger partial charge is 0.251 e. The number of benzene rings is 1. The molecule has 0 saturated carbocycles. The number of carbonyl (C=O) groups is 1. The Morgan fingerprint density at radius 1 is 1.23 bits per heavy atom. The number of nitrogens with zero attached hydrogens (tertiary/aromatic N) is 3. The Hall–Kier alpha value is -3.13. The Morgan fingerprint density at radius 3 is 2.73 bits per heavy atom. The van der Waals surface area contributed by atoms with Gasteiger partial charge < -0.3 is 16.4 Å². The normalized spacial score (nSPS) is 12.1. The average molecular weight is 354 g/mol. The van der Waals surface area contributed by atoms with Gasteiger partial charge in [-0.15, -0.1) is 0 Å². The van der Waals surface area contributed by atoms with Crippen LogP contribution in [-0.4, -0.2) is 34.5 Å². The molecular formula is C18H19FN6O. The molecule has 1 atom stereocenters. The van der Waals surface area contributed by atoms with Crippen LogP contribution in [0.5, 0.6) is 0 Å². The summed E-state index contributed by atoms with van der Waals surface area (Å²) < 4.78 is 13.6. The second-order valence-electron chi connectivity index (χ2n) is 5.91. The van der Waals surface area contributed by atoms with E-state index in [0.29, 0.717) is 29.0 Å². The van der Waals surface area contributed by atoms with Crippen LogP contribution >= 0.6 is 0 Å². The summed E-state index contributed by atoms with van der Waals surface area (Å²) >= 11 is 0. The maximum Gasteiger partial charge on any atom is 0.251 e. The van der Waals surface area contributed by atoms with Gasteiger partial charge in [0.25, 0.3) is 5.91 Å². The number of carbonyl (C=O) groups excluding carboxylic acids is 1. The molecule has 1 amide bonds. The third kappa shape index (κ3) is 3.45. The number of aryl methyl sites for hydroxylation is 1. The van der Waals surface area contributed by atoms with Crippen LogP contribution in [0.4, 0.5) is 10.2 Å². The van der Waals surface area contributed by atoms with Gasteiger partial charge in [0.15, 0.2) is 5.82 Å². The number of anilines is 1. The van der Waals surface area contributed by atoms with Crippen LogP contribution in [0.25, 0.3) is 11.0 Å². The topological polar surface area (TPSA) is 106 Å². The molecule has 0 bridgehead atoms. The van der Waals surface area contributed by atoms with Crippen molar-refractivity contribution in [1.82, 2.24) is 20.3 Å². The van der Waals surface area contributed by atoms with Crippen molar-refractivity contribution in [2.75, 3.05) is 18.9 Å². The van der Waals surface area contributed by atoms with Gasteiger partial charge in [-0.25, -0.2) is 14.4 Å². The summed E-state index contributed by atoms with van der Waals surface area (Å²) in [4.78, 5) is 24.3. The van der Waals surface area contributed by atoms with E-state index in [0.717, 1.165) is 5.56 Å². The van der Waals surface area contributed by atoms with Crippen molar-refractivity contribution >= 4 is 22.8 Å². The predicted molar refractivity (Wildman–Crippen MR) is 97.3 cm³/mol. The van der Waals surface area contributed by atoms with Crippen LogP contribution in [0, 0.1) is 12.7 Å². The molecule has 0 radical (unpaired) electrons. The van der Waals surface area contributed by atoms with E-state index >= 15 is 0 Å². The fraction of sp³-hybridized carbons (Fsp3) is 0.222. The molecule has 3 aromatic rings. The first-order valence-corrected chi connectivity index (χ1v) is 8.08. The molecule has 134 valence electrons. The SMILES string of the molecule is CNCC(Nc1ncnc2c(C(N)=O)ccnc12)c1ccc(F)c(C)c1. The summed E-state index contributed by atoms with van der Waals surface area (Å²) in [6.07, 6.45) is 2.84. The second-order valence-corrected chi connectivity index (χ2v) is 5.91. The number of rotatable bonds is 6. The van der Waals surface area contributed by atoms with Gasteiger partial charge in [-0.3, -0.25) is 9.78 Å². The highest BCUT2D eigenvalue weighted by Gasteiger charge is 2.17. The van der Waals surface area contributed by atoms with Crippen molar-refractivity contribution in [3.05, 3.63) is 59.3 Å². The molecule has 2 aromatic heterocycles. The van der Waals surface area contributed by atoms with Crippen LogP contribution in [0.15, 0.2) is 36.8 Å². The van der Waals surface area contributed by atoms with Gasteiger partial charge >= 0.3 is 0 Å². The molecule has 4 N–H and O–H groups in total. The molecule has 1 aromatic carbocycles. The van der Waals surface area contributed by atoms with Crippen molar-refractivity contribution in [1.29, 1.82) is 0 Å². The van der Waals surface area contributed by atoms with Crippen LogP contribution in [0.1, 0.15) is 27.5 Å². The molecule has 0 saturated heterocycles. The maximum atomic E-state index is 13.6. The summed E-state index contributed by atoms with van der Waals surface area (Å²) in [7, 11) is 1.83. The molecule has 3 rings (SSSR count). The fourth-order valence-corrected chi connectivity index (χ4v) is 2.77. The number of nitrogens with two attached hydrogens (primary N) is 1. The highest BCUT2D eigenvalue weighted by molar-refractivity contribution is 6.05. The summed E-state index contributed by atoms with van der Waals surface area (Å²) in [6.45, 7) is 2.29. The lowest BCUT2D eigenvalue weighted by Gasteiger charge is -2.20. The van der Waals surface area contributed by atoms with Gasteiger partial charge in [0.1, 0.15) is 23.2 Å². The molecule has 0 fully saturated rings. The Balaban J connectivity index is 2.03. The first kappa shape index (κ1) is 17.7. The lowest BCUT2D eigenvalue weighted by atomic mass is 10.0. The number of primary amides is 1. The minimum atomic E-state index is -0.581. The van der Waals surface area contributed by atoms with E-state index < -0.39 is 5.91 Å². The minimum absolute atomic E-state index is 0.184. The molecule has 2 heterocycles. The zero-order valence-electron chi connectivity index (χ0n) is 14.5. The number of aromatic nitrogens is 3. The lowest BCUT2D eigenvalue weighted by molar-refractivity contribution is 0.100. The van der Waals surface area contributed by atoms with Gasteiger partial charge in [0.05, 0.1) is 11.6 Å². The summed E-state index contributed by atoms with van der Waals surface area (Å²) in [5, 5.41) is 6.41. The van der Waals surface area contributed by atoms with Crippen LogP contribution in [-0.2, 0) is 0 Å². The molecule has 0 aliphatic heterocycles. The zero-order valence-corrected chi connectivity index (χ0v) is 14.5. The number of pyridine rings is 1. The van der Waals surface area contributed by atoms with E-state index in [-0.39, 0.29) is 17.4 Å². The number of amides is 1. The average Bonchev–Trinajstić information content (AvgIpc) is 2.63. The quantitative estimate of drug-likeness (QED) is 0.625. The van der Waals surface area contributed by atoms with E-state index in [1.165, 1.54) is 24.7 Å². The van der Waals surface area contributed by atoms with E-state index in [4.69, 9.17) is 5.73 Å². The van der Waals surface area contributed by atoms with E-state index in [1.54, 1.807) is 19.1 Å². The molecule has 26 heavy (non-hydrogen) atoms. The number of fused-ring (bicyclic) bond motifs is 1. The summed E-state index contributed by atoms with van der Waals surface area (Å²) in [5.41, 5.74) is 7.98. The molecule has 0 aliphatic rings. The number of hydrogen-bond donors (Lipinski definition) is 3. The maximum absolute atomic E-state index is 13.6. The third-order valence-corrected chi connectivity index (χ3v) is 4.09. The van der Waals surface area contributed by atoms with Crippen LogP contribution in [0.2, 0.25) is 0 Å². The van der Waals surface area contributed by atoms with Crippen molar-refractivity contribution in [2.24, 2.45) is 5.73 Å². The molecule has 0 spiro atoms. The van der Waals surface area contributed by atoms with E-state index in [1.807, 2.05) is 7.05 Å². The fourth-order valence-electron chi connectivity index (χ4n) is 2.77. The van der Waals surface area contributed by atoms with Gasteiger partial charge in [-0.1, -0.05) is 12.1 Å². The number of nitrogens with one attached hydrogen (secondary N) is 2. The minimum Gasteiger partial charge on any atom is -0.366 e. The first-order valence-electron chi connectivity index (χ1n) is 8.08. The summed E-state index contributed by atoms with van der Waals surface area (Å²) in [6, 6.07) is 6.29. The Morgan fingerprint density at radius 2 is 2.04 bits per heavy atom. The van der Waals surface area contributed by atoms with E-state index in [9.17, 15) is 9.18 Å². The molecule has 8 heteroatoms. The molecule has 0 aliphatic carbocycles. The highest BCUT2D eigenvalue weighted by Crippen LogP contribution is 2.25. The Kier molecular flexibility index (Phi) is 5.04. The zero-order chi connectivity index (χ0) is 18.7. The number of hydrogen-bond acceptors (Lipinski definition) is 6. The number of halogens is 1. The highest BCUT2D eigenvalue weighted by atomic mass is 19.1. The molecule has 7 nitrogen and oxygen atoms in total.